The fraction of sp³-hybridized carbons (Fsp3) is 0.500. The van der Waals surface area contributed by atoms with Crippen molar-refractivity contribution in [1.82, 2.24) is 9.88 Å². The summed E-state index contributed by atoms with van der Waals surface area (Å²) in [6, 6.07) is 4.72. The molecule has 130 valence electrons. The zero-order valence-electron chi connectivity index (χ0n) is 15.0. The lowest BCUT2D eigenvalue weighted by Gasteiger charge is -2.40. The van der Waals surface area contributed by atoms with Crippen LogP contribution in [0.15, 0.2) is 27.4 Å². The third kappa shape index (κ3) is 3.27. The molecule has 1 heterocycles. The molecule has 2 aromatic rings. The number of carbonyl (C=O) groups is 1. The Balaban J connectivity index is 2.71. The number of hydrogen-bond acceptors (Lipinski definition) is 4. The lowest BCUT2D eigenvalue weighted by Crippen LogP contribution is -2.49. The summed E-state index contributed by atoms with van der Waals surface area (Å²) in [6.07, 6.45) is -1.07. The van der Waals surface area contributed by atoms with E-state index < -0.39 is 23.3 Å². The van der Waals surface area contributed by atoms with Gasteiger partial charge in [-0.3, -0.25) is 4.90 Å². The molecule has 0 saturated carbocycles. The standard InChI is InChI=1S/C18H24N2O4/c1-10(2)14(20(17(22)23)18(4,5)6)15-19-12-9-7-8-11(3)13(12)16(21)24-15/h7-10,14H,1-6H3,(H,22,23)/t14-/m0/s1. The molecule has 0 unspecified atom stereocenters. The predicted octanol–water partition coefficient (Wildman–Crippen LogP) is 3.97. The molecule has 1 amide bonds. The molecule has 0 spiro atoms. The van der Waals surface area contributed by atoms with Crippen LogP contribution in [-0.4, -0.2) is 26.6 Å². The van der Waals surface area contributed by atoms with Gasteiger partial charge in [0.2, 0.25) is 5.89 Å². The highest BCUT2D eigenvalue weighted by molar-refractivity contribution is 5.80. The van der Waals surface area contributed by atoms with Crippen LogP contribution >= 0.6 is 0 Å². The van der Waals surface area contributed by atoms with Crippen LogP contribution in [0.1, 0.15) is 52.1 Å². The minimum absolute atomic E-state index is 0.113. The van der Waals surface area contributed by atoms with Crippen LogP contribution < -0.4 is 5.63 Å². The average Bonchev–Trinajstić information content (AvgIpc) is 2.41. The number of benzene rings is 1. The highest BCUT2D eigenvalue weighted by Gasteiger charge is 2.38. The normalized spacial score (nSPS) is 13.3. The molecule has 0 aliphatic rings. The lowest BCUT2D eigenvalue weighted by atomic mass is 9.96. The van der Waals surface area contributed by atoms with E-state index in [1.54, 1.807) is 26.8 Å². The Hall–Kier alpha value is -2.37. The molecule has 1 N–H and O–H groups in total. The zero-order chi connectivity index (χ0) is 18.2. The second kappa shape index (κ2) is 6.26. The van der Waals surface area contributed by atoms with E-state index in [9.17, 15) is 14.7 Å². The van der Waals surface area contributed by atoms with Gasteiger partial charge in [-0.2, -0.15) is 0 Å². The third-order valence-electron chi connectivity index (χ3n) is 3.97. The second-order valence-corrected chi connectivity index (χ2v) is 7.32. The highest BCUT2D eigenvalue weighted by Crippen LogP contribution is 2.33. The van der Waals surface area contributed by atoms with E-state index >= 15 is 0 Å². The summed E-state index contributed by atoms with van der Waals surface area (Å²) in [6.45, 7) is 11.0. The van der Waals surface area contributed by atoms with Crippen LogP contribution in [-0.2, 0) is 0 Å². The maximum atomic E-state index is 12.4. The number of aryl methyl sites for hydroxylation is 1. The van der Waals surface area contributed by atoms with Gasteiger partial charge >= 0.3 is 11.7 Å². The van der Waals surface area contributed by atoms with Crippen LogP contribution in [0, 0.1) is 12.8 Å². The topological polar surface area (TPSA) is 83.6 Å². The van der Waals surface area contributed by atoms with Crippen molar-refractivity contribution in [3.63, 3.8) is 0 Å². The smallest absolute Gasteiger partial charge is 0.408 e. The number of carboxylic acid groups (broad SMARTS) is 1. The molecule has 1 atom stereocenters. The molecule has 0 bridgehead atoms. The summed E-state index contributed by atoms with van der Waals surface area (Å²) in [7, 11) is 0. The minimum Gasteiger partial charge on any atom is -0.465 e. The molecule has 0 saturated heterocycles. The summed E-state index contributed by atoms with van der Waals surface area (Å²) < 4.78 is 5.45. The van der Waals surface area contributed by atoms with Gasteiger partial charge in [0.05, 0.1) is 10.9 Å². The Morgan fingerprint density at radius 3 is 2.42 bits per heavy atom. The van der Waals surface area contributed by atoms with E-state index in [4.69, 9.17) is 4.42 Å². The average molecular weight is 332 g/mol. The van der Waals surface area contributed by atoms with Crippen molar-refractivity contribution in [2.24, 2.45) is 5.92 Å². The quantitative estimate of drug-likeness (QED) is 0.919. The summed E-state index contributed by atoms with van der Waals surface area (Å²) >= 11 is 0. The number of amides is 1. The van der Waals surface area contributed by atoms with E-state index in [1.165, 1.54) is 4.90 Å². The minimum atomic E-state index is -1.07. The fourth-order valence-electron chi connectivity index (χ4n) is 2.94. The van der Waals surface area contributed by atoms with Gasteiger partial charge in [-0.1, -0.05) is 26.0 Å². The van der Waals surface area contributed by atoms with Crippen molar-refractivity contribution in [1.29, 1.82) is 0 Å². The summed E-state index contributed by atoms with van der Waals surface area (Å²) in [4.78, 5) is 30.0. The molecular formula is C18H24N2O4. The van der Waals surface area contributed by atoms with Gasteiger partial charge in [0, 0.05) is 5.54 Å². The van der Waals surface area contributed by atoms with Gasteiger partial charge in [0.15, 0.2) is 0 Å². The molecule has 0 aliphatic carbocycles. The predicted molar refractivity (Wildman–Crippen MR) is 92.2 cm³/mol. The summed E-state index contributed by atoms with van der Waals surface area (Å²) in [5, 5.41) is 10.1. The maximum Gasteiger partial charge on any atom is 0.408 e. The molecule has 1 aromatic carbocycles. The van der Waals surface area contributed by atoms with Crippen molar-refractivity contribution in [2.45, 2.75) is 53.1 Å². The van der Waals surface area contributed by atoms with Crippen LogP contribution in [0.5, 0.6) is 0 Å². The first-order chi connectivity index (χ1) is 11.0. The summed E-state index contributed by atoms with van der Waals surface area (Å²) in [5.41, 5.74) is 0.152. The molecule has 6 nitrogen and oxygen atoms in total. The molecule has 24 heavy (non-hydrogen) atoms. The van der Waals surface area contributed by atoms with E-state index in [2.05, 4.69) is 4.98 Å². The van der Waals surface area contributed by atoms with Crippen molar-refractivity contribution < 1.29 is 14.3 Å². The molecule has 0 fully saturated rings. The van der Waals surface area contributed by atoms with Crippen molar-refractivity contribution in [2.75, 3.05) is 0 Å². The van der Waals surface area contributed by atoms with E-state index in [0.29, 0.717) is 10.9 Å². The van der Waals surface area contributed by atoms with E-state index in [0.717, 1.165) is 5.56 Å². The number of aromatic nitrogens is 1. The van der Waals surface area contributed by atoms with Gasteiger partial charge in [0.25, 0.3) is 0 Å². The molecule has 0 aliphatic heterocycles. The monoisotopic (exact) mass is 332 g/mol. The maximum absolute atomic E-state index is 12.4. The lowest BCUT2D eigenvalue weighted by molar-refractivity contribution is 0.0411. The van der Waals surface area contributed by atoms with E-state index in [-0.39, 0.29) is 11.8 Å². The first-order valence-electron chi connectivity index (χ1n) is 7.96. The Labute approximate surface area is 141 Å². The fourth-order valence-corrected chi connectivity index (χ4v) is 2.94. The Bertz CT molecular complexity index is 818. The van der Waals surface area contributed by atoms with Gasteiger partial charge in [-0.15, -0.1) is 0 Å². The van der Waals surface area contributed by atoms with Crippen LogP contribution in [0.4, 0.5) is 4.79 Å². The van der Waals surface area contributed by atoms with Gasteiger partial charge in [-0.25, -0.2) is 14.6 Å². The van der Waals surface area contributed by atoms with Crippen LogP contribution in [0.2, 0.25) is 0 Å². The third-order valence-corrected chi connectivity index (χ3v) is 3.97. The highest BCUT2D eigenvalue weighted by atomic mass is 16.4. The number of rotatable bonds is 3. The van der Waals surface area contributed by atoms with Gasteiger partial charge in [0.1, 0.15) is 6.04 Å². The first kappa shape index (κ1) is 18.0. The molecule has 2 rings (SSSR count). The summed E-state index contributed by atoms with van der Waals surface area (Å²) in [5.74, 6) is 0.0173. The number of nitrogens with zero attached hydrogens (tertiary/aromatic N) is 2. The number of hydrogen-bond donors (Lipinski definition) is 1. The molecule has 6 heteroatoms. The Morgan fingerprint density at radius 1 is 1.29 bits per heavy atom. The number of fused-ring (bicyclic) bond motifs is 1. The first-order valence-corrected chi connectivity index (χ1v) is 7.96. The molecular weight excluding hydrogens is 308 g/mol. The van der Waals surface area contributed by atoms with Gasteiger partial charge in [-0.05, 0) is 45.2 Å². The van der Waals surface area contributed by atoms with Crippen molar-refractivity contribution in [3.05, 3.63) is 40.1 Å². The SMILES string of the molecule is Cc1cccc2nc([C@H](C(C)C)N(C(=O)O)C(C)(C)C)oc(=O)c12. The second-order valence-electron chi connectivity index (χ2n) is 7.32. The van der Waals surface area contributed by atoms with Crippen molar-refractivity contribution in [3.8, 4) is 0 Å². The largest absolute Gasteiger partial charge is 0.465 e. The molecule has 0 radical (unpaired) electrons. The Morgan fingerprint density at radius 2 is 1.92 bits per heavy atom. The van der Waals surface area contributed by atoms with E-state index in [1.807, 2.05) is 32.9 Å². The zero-order valence-corrected chi connectivity index (χ0v) is 15.0. The molecule has 1 aromatic heterocycles. The van der Waals surface area contributed by atoms with Crippen LogP contribution in [0.3, 0.4) is 0 Å². The van der Waals surface area contributed by atoms with Crippen LogP contribution in [0.25, 0.3) is 10.9 Å². The van der Waals surface area contributed by atoms with Crippen molar-refractivity contribution >= 4 is 17.0 Å². The van der Waals surface area contributed by atoms with Gasteiger partial charge < -0.3 is 9.52 Å². The Kier molecular flexibility index (Phi) is 4.69.